The molecule has 9 nitrogen and oxygen atoms in total. The predicted octanol–water partition coefficient (Wildman–Crippen LogP) is 1.24. The van der Waals surface area contributed by atoms with E-state index in [4.69, 9.17) is 4.74 Å². The number of anilines is 1. The first-order valence-electron chi connectivity index (χ1n) is 9.57. The molecule has 0 fully saturated rings. The topological polar surface area (TPSA) is 114 Å². The maximum absolute atomic E-state index is 12.5. The molecule has 3 rings (SSSR count). The second-order valence-electron chi connectivity index (χ2n) is 7.59. The van der Waals surface area contributed by atoms with E-state index < -0.39 is 17.4 Å². The molecular weight excluding hydrogens is 374 g/mol. The van der Waals surface area contributed by atoms with Crippen LogP contribution in [0.2, 0.25) is 0 Å². The standard InChI is InChI=1S/C20H27N5O4/c1-12(2)9-21-19-22-17-16(18(27)23-20(28)24(17)4)25(19)10-14(26)11-29-15-7-5-6-13(3)8-15/h5-8,12,14,26H,9-11H2,1-4H3,(H,21,22)(H,23,27,28). The van der Waals surface area contributed by atoms with Crippen LogP contribution in [0.3, 0.4) is 0 Å². The zero-order valence-electron chi connectivity index (χ0n) is 17.1. The molecule has 0 saturated heterocycles. The van der Waals surface area contributed by atoms with Gasteiger partial charge in [-0.1, -0.05) is 26.0 Å². The summed E-state index contributed by atoms with van der Waals surface area (Å²) >= 11 is 0. The number of aryl methyl sites for hydroxylation is 2. The van der Waals surface area contributed by atoms with Crippen LogP contribution in [-0.4, -0.2) is 43.5 Å². The molecule has 0 aliphatic heterocycles. The van der Waals surface area contributed by atoms with Gasteiger partial charge in [-0.3, -0.25) is 14.3 Å². The molecule has 0 aliphatic carbocycles. The number of rotatable bonds is 8. The summed E-state index contributed by atoms with van der Waals surface area (Å²) in [6.45, 7) is 6.83. The molecule has 3 N–H and O–H groups in total. The van der Waals surface area contributed by atoms with Crippen molar-refractivity contribution >= 4 is 17.1 Å². The van der Waals surface area contributed by atoms with E-state index in [1.165, 1.54) is 4.57 Å². The maximum Gasteiger partial charge on any atom is 0.329 e. The van der Waals surface area contributed by atoms with Crippen molar-refractivity contribution in [1.82, 2.24) is 19.1 Å². The molecule has 0 bridgehead atoms. The van der Waals surface area contributed by atoms with E-state index in [0.717, 1.165) is 5.56 Å². The number of fused-ring (bicyclic) bond motifs is 1. The average molecular weight is 401 g/mol. The lowest BCUT2D eigenvalue weighted by Crippen LogP contribution is -2.31. The number of aliphatic hydroxyl groups is 1. The number of nitrogens with zero attached hydrogens (tertiary/aromatic N) is 3. The molecule has 2 heterocycles. The Morgan fingerprint density at radius 3 is 2.76 bits per heavy atom. The third-order valence-corrected chi connectivity index (χ3v) is 4.50. The van der Waals surface area contributed by atoms with Gasteiger partial charge in [0.15, 0.2) is 11.2 Å². The third-order valence-electron chi connectivity index (χ3n) is 4.50. The maximum atomic E-state index is 12.5. The van der Waals surface area contributed by atoms with Gasteiger partial charge in [-0.25, -0.2) is 4.79 Å². The quantitative estimate of drug-likeness (QED) is 0.523. The predicted molar refractivity (Wildman–Crippen MR) is 112 cm³/mol. The van der Waals surface area contributed by atoms with Crippen LogP contribution in [0.1, 0.15) is 19.4 Å². The fraction of sp³-hybridized carbons (Fsp3) is 0.450. The normalized spacial score (nSPS) is 12.5. The van der Waals surface area contributed by atoms with Crippen LogP contribution in [0.5, 0.6) is 5.75 Å². The van der Waals surface area contributed by atoms with Gasteiger partial charge in [-0.2, -0.15) is 4.98 Å². The molecule has 2 aromatic heterocycles. The van der Waals surface area contributed by atoms with Crippen LogP contribution in [0.15, 0.2) is 33.9 Å². The molecule has 1 atom stereocenters. The van der Waals surface area contributed by atoms with Crippen molar-refractivity contribution in [1.29, 1.82) is 0 Å². The summed E-state index contributed by atoms with van der Waals surface area (Å²) in [5, 5.41) is 13.7. The number of nitrogens with one attached hydrogen (secondary N) is 2. The van der Waals surface area contributed by atoms with Gasteiger partial charge in [0, 0.05) is 13.6 Å². The van der Waals surface area contributed by atoms with Crippen LogP contribution in [0.4, 0.5) is 5.95 Å². The van der Waals surface area contributed by atoms with Gasteiger partial charge in [0.25, 0.3) is 5.56 Å². The number of H-pyrrole nitrogens is 1. The van der Waals surface area contributed by atoms with Crippen molar-refractivity contribution in [2.24, 2.45) is 13.0 Å². The first-order chi connectivity index (χ1) is 13.8. The van der Waals surface area contributed by atoms with E-state index in [1.54, 1.807) is 11.6 Å². The smallest absolute Gasteiger partial charge is 0.329 e. The fourth-order valence-electron chi connectivity index (χ4n) is 3.00. The third kappa shape index (κ3) is 4.68. The van der Waals surface area contributed by atoms with E-state index in [0.29, 0.717) is 24.2 Å². The number of hydrogen-bond acceptors (Lipinski definition) is 6. The largest absolute Gasteiger partial charge is 0.491 e. The van der Waals surface area contributed by atoms with Crippen molar-refractivity contribution in [3.8, 4) is 5.75 Å². The summed E-state index contributed by atoms with van der Waals surface area (Å²) in [5.41, 5.74) is 0.473. The molecule has 156 valence electrons. The Hall–Kier alpha value is -3.07. The van der Waals surface area contributed by atoms with Crippen LogP contribution < -0.4 is 21.3 Å². The molecule has 0 spiro atoms. The minimum atomic E-state index is -0.885. The molecule has 3 aromatic rings. The monoisotopic (exact) mass is 401 g/mol. The zero-order chi connectivity index (χ0) is 21.1. The fourth-order valence-corrected chi connectivity index (χ4v) is 3.00. The summed E-state index contributed by atoms with van der Waals surface area (Å²) in [5.74, 6) is 1.44. The van der Waals surface area contributed by atoms with Gasteiger partial charge < -0.3 is 19.7 Å². The Kier molecular flexibility index (Phi) is 6.07. The lowest BCUT2D eigenvalue weighted by atomic mass is 10.2. The lowest BCUT2D eigenvalue weighted by molar-refractivity contribution is 0.0938. The SMILES string of the molecule is Cc1cccc(OCC(O)Cn2c(NCC(C)C)nc3c2c(=O)[nH]c(=O)n3C)c1. The number of hydrogen-bond donors (Lipinski definition) is 3. The van der Waals surface area contributed by atoms with E-state index in [9.17, 15) is 14.7 Å². The Morgan fingerprint density at radius 2 is 2.07 bits per heavy atom. The Labute approximate surface area is 168 Å². The molecule has 1 unspecified atom stereocenters. The van der Waals surface area contributed by atoms with Gasteiger partial charge in [0.1, 0.15) is 18.5 Å². The second-order valence-corrected chi connectivity index (χ2v) is 7.59. The van der Waals surface area contributed by atoms with E-state index >= 15 is 0 Å². The summed E-state index contributed by atoms with van der Waals surface area (Å²) in [6, 6.07) is 7.55. The number of aliphatic hydroxyl groups excluding tert-OH is 1. The average Bonchev–Trinajstić information content (AvgIpc) is 3.02. The molecule has 0 radical (unpaired) electrons. The van der Waals surface area contributed by atoms with Gasteiger partial charge >= 0.3 is 5.69 Å². The van der Waals surface area contributed by atoms with Crippen molar-refractivity contribution in [3.05, 3.63) is 50.7 Å². The molecule has 0 saturated carbocycles. The number of ether oxygens (including phenoxy) is 1. The summed E-state index contributed by atoms with van der Waals surface area (Å²) in [4.78, 5) is 31.1. The Morgan fingerprint density at radius 1 is 1.31 bits per heavy atom. The minimum absolute atomic E-state index is 0.0520. The van der Waals surface area contributed by atoms with Gasteiger partial charge in [-0.05, 0) is 30.5 Å². The Balaban J connectivity index is 1.89. The highest BCUT2D eigenvalue weighted by atomic mass is 16.5. The molecule has 1 aromatic carbocycles. The van der Waals surface area contributed by atoms with E-state index in [-0.39, 0.29) is 24.3 Å². The molecule has 0 amide bonds. The van der Waals surface area contributed by atoms with Crippen molar-refractivity contribution in [2.45, 2.75) is 33.4 Å². The highest BCUT2D eigenvalue weighted by Gasteiger charge is 2.20. The lowest BCUT2D eigenvalue weighted by Gasteiger charge is -2.16. The number of benzene rings is 1. The number of aromatic amines is 1. The summed E-state index contributed by atoms with van der Waals surface area (Å²) < 4.78 is 8.55. The molecule has 9 heteroatoms. The van der Waals surface area contributed by atoms with E-state index in [1.807, 2.05) is 45.0 Å². The molecule has 0 aliphatic rings. The molecule has 29 heavy (non-hydrogen) atoms. The van der Waals surface area contributed by atoms with Crippen molar-refractivity contribution < 1.29 is 9.84 Å². The van der Waals surface area contributed by atoms with Gasteiger partial charge in [-0.15, -0.1) is 0 Å². The second kappa shape index (κ2) is 8.52. The first-order valence-corrected chi connectivity index (χ1v) is 9.57. The van der Waals surface area contributed by atoms with E-state index in [2.05, 4.69) is 15.3 Å². The number of imidazole rings is 1. The summed E-state index contributed by atoms with van der Waals surface area (Å²) in [7, 11) is 1.54. The summed E-state index contributed by atoms with van der Waals surface area (Å²) in [6.07, 6.45) is -0.885. The van der Waals surface area contributed by atoms with Crippen molar-refractivity contribution in [3.63, 3.8) is 0 Å². The highest BCUT2D eigenvalue weighted by Crippen LogP contribution is 2.17. The van der Waals surface area contributed by atoms with Crippen LogP contribution >= 0.6 is 0 Å². The van der Waals surface area contributed by atoms with Crippen LogP contribution in [0, 0.1) is 12.8 Å². The number of aromatic nitrogens is 4. The highest BCUT2D eigenvalue weighted by molar-refractivity contribution is 5.74. The van der Waals surface area contributed by atoms with Gasteiger partial charge in [0.2, 0.25) is 5.95 Å². The van der Waals surface area contributed by atoms with Gasteiger partial charge in [0.05, 0.1) is 6.54 Å². The van der Waals surface area contributed by atoms with Crippen molar-refractivity contribution in [2.75, 3.05) is 18.5 Å². The minimum Gasteiger partial charge on any atom is -0.491 e. The first kappa shape index (κ1) is 20.7. The molecular formula is C20H27N5O4. The Bertz CT molecular complexity index is 1110. The zero-order valence-corrected chi connectivity index (χ0v) is 17.1. The van der Waals surface area contributed by atoms with Crippen LogP contribution in [0.25, 0.3) is 11.2 Å². The van der Waals surface area contributed by atoms with Crippen LogP contribution in [-0.2, 0) is 13.6 Å².